The Morgan fingerprint density at radius 1 is 0.479 bits per heavy atom. The largest absolute Gasteiger partial charge is 0.438 e. The van der Waals surface area contributed by atoms with Crippen LogP contribution in [0.15, 0.2) is 150 Å². The van der Waals surface area contributed by atoms with E-state index in [0.29, 0.717) is 23.2 Å². The van der Waals surface area contributed by atoms with Gasteiger partial charge < -0.3 is 4.42 Å². The molecule has 0 spiro atoms. The Bertz CT molecular complexity index is 2780. The Hall–Kier alpha value is -6.24. The summed E-state index contributed by atoms with van der Waals surface area (Å²) in [5.74, 6) is 1.80. The number of aromatic nitrogens is 4. The molecule has 0 atom stereocenters. The zero-order chi connectivity index (χ0) is 31.6. The molecular formula is C42H24N4OS. The van der Waals surface area contributed by atoms with Crippen molar-refractivity contribution < 1.29 is 4.42 Å². The molecule has 5 nitrogen and oxygen atoms in total. The highest BCUT2D eigenvalue weighted by molar-refractivity contribution is 7.26. The molecule has 224 valence electrons. The van der Waals surface area contributed by atoms with E-state index in [1.807, 2.05) is 78.1 Å². The predicted molar refractivity (Wildman–Crippen MR) is 197 cm³/mol. The first-order valence-electron chi connectivity index (χ1n) is 15.8. The number of pyridine rings is 1. The van der Waals surface area contributed by atoms with Crippen LogP contribution in [0.1, 0.15) is 0 Å². The summed E-state index contributed by atoms with van der Waals surface area (Å²) in [5.41, 5.74) is 6.24. The maximum Gasteiger partial charge on any atom is 0.228 e. The number of rotatable bonds is 4. The molecule has 0 radical (unpaired) electrons. The van der Waals surface area contributed by atoms with E-state index in [9.17, 15) is 0 Å². The second kappa shape index (κ2) is 10.7. The number of furan rings is 1. The van der Waals surface area contributed by atoms with Gasteiger partial charge in [-0.3, -0.25) is 0 Å². The molecule has 6 aromatic carbocycles. The van der Waals surface area contributed by atoms with Crippen molar-refractivity contribution in [2.45, 2.75) is 0 Å². The monoisotopic (exact) mass is 632 g/mol. The standard InChI is InChI=1S/C42H24N4OS/c1-3-10-26(11-4-1)39-44-40(27-12-5-2-6-13-27)46-41(45-39)33-21-22-43-42-37(33)32-19-16-29(24-35(32)47-42)28-17-20-36-34(23-28)31-18-15-25-9-7-8-14-30(25)38(31)48-36/h1-24H. The summed E-state index contributed by atoms with van der Waals surface area (Å²) in [7, 11) is 0. The van der Waals surface area contributed by atoms with Crippen molar-refractivity contribution in [2.75, 3.05) is 0 Å². The normalized spacial score (nSPS) is 11.8. The lowest BCUT2D eigenvalue weighted by Gasteiger charge is -2.09. The Labute approximate surface area is 278 Å². The van der Waals surface area contributed by atoms with Crippen molar-refractivity contribution in [3.8, 4) is 45.3 Å². The molecule has 6 heteroatoms. The summed E-state index contributed by atoms with van der Waals surface area (Å²) < 4.78 is 9.03. The third kappa shape index (κ3) is 4.31. The molecular weight excluding hydrogens is 609 g/mol. The average molecular weight is 633 g/mol. The third-order valence-electron chi connectivity index (χ3n) is 9.01. The molecule has 0 unspecified atom stereocenters. The van der Waals surface area contributed by atoms with Crippen LogP contribution in [-0.2, 0) is 0 Å². The van der Waals surface area contributed by atoms with E-state index in [1.165, 1.54) is 30.9 Å². The molecule has 10 rings (SSSR count). The van der Waals surface area contributed by atoms with Gasteiger partial charge in [-0.25, -0.2) is 19.9 Å². The molecule has 4 aromatic heterocycles. The van der Waals surface area contributed by atoms with E-state index in [-0.39, 0.29) is 0 Å². The SMILES string of the molecule is c1ccc(-c2nc(-c3ccccc3)nc(-c3ccnc4oc5cc(-c6ccc7sc8c9ccccc9ccc8c7c6)ccc5c34)n2)cc1. The minimum Gasteiger partial charge on any atom is -0.438 e. The summed E-state index contributed by atoms with van der Waals surface area (Å²) in [6.07, 6.45) is 1.76. The molecule has 0 aliphatic heterocycles. The van der Waals surface area contributed by atoms with Crippen LogP contribution in [-0.4, -0.2) is 19.9 Å². The van der Waals surface area contributed by atoms with Crippen LogP contribution in [0.5, 0.6) is 0 Å². The molecule has 4 heterocycles. The quantitative estimate of drug-likeness (QED) is 0.193. The van der Waals surface area contributed by atoms with E-state index in [2.05, 4.69) is 77.8 Å². The van der Waals surface area contributed by atoms with Crippen LogP contribution in [0.4, 0.5) is 0 Å². The van der Waals surface area contributed by atoms with Crippen LogP contribution >= 0.6 is 11.3 Å². The molecule has 0 aliphatic carbocycles. The van der Waals surface area contributed by atoms with Gasteiger partial charge in [0.15, 0.2) is 17.5 Å². The third-order valence-corrected chi connectivity index (χ3v) is 10.2. The predicted octanol–water partition coefficient (Wildman–Crippen LogP) is 11.4. The molecule has 0 aliphatic rings. The fourth-order valence-electron chi connectivity index (χ4n) is 6.68. The van der Waals surface area contributed by atoms with Gasteiger partial charge >= 0.3 is 0 Å². The van der Waals surface area contributed by atoms with Gasteiger partial charge in [0.05, 0.1) is 5.39 Å². The highest BCUT2D eigenvalue weighted by Crippen LogP contribution is 2.41. The van der Waals surface area contributed by atoms with Crippen LogP contribution in [0, 0.1) is 0 Å². The Morgan fingerprint density at radius 2 is 1.15 bits per heavy atom. The molecule has 48 heavy (non-hydrogen) atoms. The van der Waals surface area contributed by atoms with Crippen LogP contribution in [0.3, 0.4) is 0 Å². The zero-order valence-electron chi connectivity index (χ0n) is 25.5. The fraction of sp³-hybridized carbons (Fsp3) is 0. The average Bonchev–Trinajstić information content (AvgIpc) is 3.73. The van der Waals surface area contributed by atoms with Crippen molar-refractivity contribution in [1.82, 2.24) is 19.9 Å². The van der Waals surface area contributed by atoms with Gasteiger partial charge in [-0.15, -0.1) is 11.3 Å². The Kier molecular flexibility index (Phi) is 5.98. The van der Waals surface area contributed by atoms with Gasteiger partial charge in [-0.1, -0.05) is 109 Å². The van der Waals surface area contributed by atoms with E-state index >= 15 is 0 Å². The van der Waals surface area contributed by atoms with Crippen LogP contribution in [0.2, 0.25) is 0 Å². The number of fused-ring (bicyclic) bond motifs is 8. The Morgan fingerprint density at radius 3 is 1.94 bits per heavy atom. The van der Waals surface area contributed by atoms with E-state index in [0.717, 1.165) is 44.2 Å². The number of nitrogens with zero attached hydrogens (tertiary/aromatic N) is 4. The van der Waals surface area contributed by atoms with Crippen molar-refractivity contribution in [3.63, 3.8) is 0 Å². The molecule has 0 bridgehead atoms. The van der Waals surface area contributed by atoms with Gasteiger partial charge in [0, 0.05) is 48.4 Å². The van der Waals surface area contributed by atoms with Crippen LogP contribution < -0.4 is 0 Å². The van der Waals surface area contributed by atoms with Gasteiger partial charge in [-0.05, 0) is 52.2 Å². The number of benzene rings is 6. The van der Waals surface area contributed by atoms with Gasteiger partial charge in [0.1, 0.15) is 5.58 Å². The lowest BCUT2D eigenvalue weighted by Crippen LogP contribution is -2.00. The smallest absolute Gasteiger partial charge is 0.228 e. The summed E-state index contributed by atoms with van der Waals surface area (Å²) in [6.45, 7) is 0. The Balaban J connectivity index is 1.12. The van der Waals surface area contributed by atoms with Gasteiger partial charge in [0.2, 0.25) is 5.71 Å². The summed E-state index contributed by atoms with van der Waals surface area (Å²) >= 11 is 1.86. The highest BCUT2D eigenvalue weighted by atomic mass is 32.1. The zero-order valence-corrected chi connectivity index (χ0v) is 26.3. The number of hydrogen-bond acceptors (Lipinski definition) is 6. The maximum atomic E-state index is 6.42. The lowest BCUT2D eigenvalue weighted by molar-refractivity contribution is 0.654. The van der Waals surface area contributed by atoms with Crippen LogP contribution in [0.25, 0.3) is 98.3 Å². The van der Waals surface area contributed by atoms with Gasteiger partial charge in [0.25, 0.3) is 0 Å². The minimum absolute atomic E-state index is 0.550. The van der Waals surface area contributed by atoms with Crippen molar-refractivity contribution >= 4 is 64.4 Å². The second-order valence-corrected chi connectivity index (χ2v) is 12.9. The van der Waals surface area contributed by atoms with Crippen molar-refractivity contribution in [1.29, 1.82) is 0 Å². The topological polar surface area (TPSA) is 64.7 Å². The minimum atomic E-state index is 0.550. The summed E-state index contributed by atoms with van der Waals surface area (Å²) in [6, 6.07) is 48.2. The number of hydrogen-bond donors (Lipinski definition) is 0. The number of thiophene rings is 1. The van der Waals surface area contributed by atoms with Crippen molar-refractivity contribution in [3.05, 3.63) is 146 Å². The molecule has 0 saturated heterocycles. The fourth-order valence-corrected chi connectivity index (χ4v) is 7.90. The molecule has 0 amide bonds. The first-order chi connectivity index (χ1) is 23.8. The second-order valence-electron chi connectivity index (χ2n) is 11.9. The molecule has 0 fully saturated rings. The lowest BCUT2D eigenvalue weighted by atomic mass is 10.00. The van der Waals surface area contributed by atoms with Crippen molar-refractivity contribution in [2.24, 2.45) is 0 Å². The first kappa shape index (κ1) is 26.9. The highest BCUT2D eigenvalue weighted by Gasteiger charge is 2.19. The maximum absolute atomic E-state index is 6.42. The summed E-state index contributed by atoms with van der Waals surface area (Å²) in [5, 5.41) is 6.98. The van der Waals surface area contributed by atoms with E-state index < -0.39 is 0 Å². The molecule has 0 N–H and O–H groups in total. The first-order valence-corrected chi connectivity index (χ1v) is 16.6. The van der Waals surface area contributed by atoms with Gasteiger partial charge in [-0.2, -0.15) is 0 Å². The van der Waals surface area contributed by atoms with E-state index in [1.54, 1.807) is 6.20 Å². The molecule has 0 saturated carbocycles. The molecule has 10 aromatic rings. The van der Waals surface area contributed by atoms with E-state index in [4.69, 9.17) is 19.4 Å². The summed E-state index contributed by atoms with van der Waals surface area (Å²) in [4.78, 5) is 19.4.